The van der Waals surface area contributed by atoms with E-state index in [1.807, 2.05) is 18.2 Å². The van der Waals surface area contributed by atoms with Crippen molar-refractivity contribution >= 4 is 11.6 Å². The van der Waals surface area contributed by atoms with E-state index in [0.717, 1.165) is 23.5 Å². The van der Waals surface area contributed by atoms with E-state index >= 15 is 0 Å². The second-order valence-corrected chi connectivity index (χ2v) is 5.46. The maximum atomic E-state index is 11.7. The number of hydrogen-bond donors (Lipinski definition) is 2. The maximum absolute atomic E-state index is 11.7. The minimum atomic E-state index is 0.00302. The SMILES string of the molecule is CNC(=O)CN1CC(C(C)C)Oc2cc(CN)ccc21. The lowest BCUT2D eigenvalue weighted by atomic mass is 10.0. The number of carbonyl (C=O) groups is 1. The Morgan fingerprint density at radius 3 is 2.90 bits per heavy atom. The standard InChI is InChI=1S/C15H23N3O2/c1-10(2)14-8-18(9-15(19)17-3)12-5-4-11(7-16)6-13(12)20-14/h4-6,10,14H,7-9,16H2,1-3H3,(H,17,19). The van der Waals surface area contributed by atoms with E-state index < -0.39 is 0 Å². The number of anilines is 1. The van der Waals surface area contributed by atoms with Crippen LogP contribution in [0.3, 0.4) is 0 Å². The minimum absolute atomic E-state index is 0.00302. The summed E-state index contributed by atoms with van der Waals surface area (Å²) in [5, 5.41) is 2.67. The fourth-order valence-corrected chi connectivity index (χ4v) is 2.31. The highest BCUT2D eigenvalue weighted by atomic mass is 16.5. The number of carbonyl (C=O) groups excluding carboxylic acids is 1. The zero-order valence-electron chi connectivity index (χ0n) is 12.3. The molecule has 1 unspecified atom stereocenters. The number of likely N-dealkylation sites (N-methyl/N-ethyl adjacent to an activating group) is 1. The van der Waals surface area contributed by atoms with Crippen LogP contribution in [0.4, 0.5) is 5.69 Å². The molecule has 5 nitrogen and oxygen atoms in total. The molecule has 1 amide bonds. The van der Waals surface area contributed by atoms with Gasteiger partial charge >= 0.3 is 0 Å². The zero-order chi connectivity index (χ0) is 14.7. The Morgan fingerprint density at radius 2 is 2.30 bits per heavy atom. The van der Waals surface area contributed by atoms with Crippen LogP contribution in [0.1, 0.15) is 19.4 Å². The number of fused-ring (bicyclic) bond motifs is 1. The molecule has 1 aromatic rings. The predicted octanol–water partition coefficient (Wildman–Crippen LogP) is 1.11. The molecule has 1 aromatic carbocycles. The van der Waals surface area contributed by atoms with Gasteiger partial charge in [-0.2, -0.15) is 0 Å². The molecule has 1 heterocycles. The molecule has 1 aliphatic rings. The first-order valence-electron chi connectivity index (χ1n) is 7.00. The van der Waals surface area contributed by atoms with Gasteiger partial charge < -0.3 is 20.7 Å². The van der Waals surface area contributed by atoms with Gasteiger partial charge in [-0.25, -0.2) is 0 Å². The smallest absolute Gasteiger partial charge is 0.239 e. The lowest BCUT2D eigenvalue weighted by Crippen LogP contribution is -2.46. The van der Waals surface area contributed by atoms with Crippen molar-refractivity contribution in [3.63, 3.8) is 0 Å². The Kier molecular flexibility index (Phi) is 4.49. The van der Waals surface area contributed by atoms with Crippen LogP contribution in [0.2, 0.25) is 0 Å². The Morgan fingerprint density at radius 1 is 1.55 bits per heavy atom. The molecule has 2 rings (SSSR count). The number of amides is 1. The molecule has 20 heavy (non-hydrogen) atoms. The molecular weight excluding hydrogens is 254 g/mol. The van der Waals surface area contributed by atoms with Crippen molar-refractivity contribution in [1.29, 1.82) is 0 Å². The van der Waals surface area contributed by atoms with Crippen LogP contribution in [0, 0.1) is 5.92 Å². The fraction of sp³-hybridized carbons (Fsp3) is 0.533. The van der Waals surface area contributed by atoms with E-state index in [0.29, 0.717) is 19.0 Å². The van der Waals surface area contributed by atoms with E-state index in [9.17, 15) is 4.79 Å². The Hall–Kier alpha value is -1.75. The van der Waals surface area contributed by atoms with Crippen LogP contribution in [-0.4, -0.2) is 32.1 Å². The summed E-state index contributed by atoms with van der Waals surface area (Å²) in [6.07, 6.45) is 0.0835. The second-order valence-electron chi connectivity index (χ2n) is 5.46. The number of ether oxygens (including phenoxy) is 1. The highest BCUT2D eigenvalue weighted by Crippen LogP contribution is 2.35. The quantitative estimate of drug-likeness (QED) is 0.865. The number of nitrogens with one attached hydrogen (secondary N) is 1. The van der Waals surface area contributed by atoms with Crippen molar-refractivity contribution in [2.75, 3.05) is 25.0 Å². The average Bonchev–Trinajstić information content (AvgIpc) is 2.45. The summed E-state index contributed by atoms with van der Waals surface area (Å²) < 4.78 is 6.05. The molecule has 0 saturated heterocycles. The van der Waals surface area contributed by atoms with Crippen molar-refractivity contribution in [2.45, 2.75) is 26.5 Å². The van der Waals surface area contributed by atoms with Gasteiger partial charge in [0, 0.05) is 13.6 Å². The van der Waals surface area contributed by atoms with Crippen LogP contribution in [0.15, 0.2) is 18.2 Å². The summed E-state index contributed by atoms with van der Waals surface area (Å²) >= 11 is 0. The van der Waals surface area contributed by atoms with Crippen molar-refractivity contribution in [3.8, 4) is 5.75 Å². The monoisotopic (exact) mass is 277 g/mol. The molecular formula is C15H23N3O2. The first-order chi connectivity index (χ1) is 9.55. The van der Waals surface area contributed by atoms with Gasteiger partial charge in [-0.05, 0) is 23.6 Å². The van der Waals surface area contributed by atoms with Gasteiger partial charge in [0.2, 0.25) is 5.91 Å². The molecule has 0 fully saturated rings. The van der Waals surface area contributed by atoms with Crippen LogP contribution in [0.5, 0.6) is 5.75 Å². The van der Waals surface area contributed by atoms with Gasteiger partial charge in [-0.15, -0.1) is 0 Å². The third-order valence-corrected chi connectivity index (χ3v) is 3.64. The van der Waals surface area contributed by atoms with E-state index in [2.05, 4.69) is 24.1 Å². The summed E-state index contributed by atoms with van der Waals surface area (Å²) in [6, 6.07) is 5.94. The highest BCUT2D eigenvalue weighted by Gasteiger charge is 2.28. The molecule has 5 heteroatoms. The molecule has 0 aromatic heterocycles. The van der Waals surface area contributed by atoms with E-state index in [1.165, 1.54) is 0 Å². The molecule has 0 spiro atoms. The van der Waals surface area contributed by atoms with Gasteiger partial charge in [0.25, 0.3) is 0 Å². The normalized spacial score (nSPS) is 17.6. The van der Waals surface area contributed by atoms with Crippen LogP contribution >= 0.6 is 0 Å². The molecule has 1 atom stereocenters. The van der Waals surface area contributed by atoms with Crippen molar-refractivity contribution in [3.05, 3.63) is 23.8 Å². The second kappa shape index (κ2) is 6.13. The Bertz CT molecular complexity index is 488. The van der Waals surface area contributed by atoms with Crippen molar-refractivity contribution in [1.82, 2.24) is 5.32 Å². The van der Waals surface area contributed by atoms with Crippen LogP contribution in [-0.2, 0) is 11.3 Å². The number of hydrogen-bond acceptors (Lipinski definition) is 4. The van der Waals surface area contributed by atoms with Crippen molar-refractivity contribution < 1.29 is 9.53 Å². The Labute approximate surface area is 120 Å². The predicted molar refractivity (Wildman–Crippen MR) is 79.9 cm³/mol. The Balaban J connectivity index is 2.31. The van der Waals surface area contributed by atoms with Crippen molar-refractivity contribution in [2.24, 2.45) is 11.7 Å². The fourth-order valence-electron chi connectivity index (χ4n) is 2.31. The van der Waals surface area contributed by atoms with Crippen LogP contribution in [0.25, 0.3) is 0 Å². The lowest BCUT2D eigenvalue weighted by Gasteiger charge is -2.37. The third kappa shape index (κ3) is 3.04. The van der Waals surface area contributed by atoms with Gasteiger partial charge in [-0.1, -0.05) is 19.9 Å². The summed E-state index contributed by atoms with van der Waals surface area (Å²) in [6.45, 7) is 5.80. The molecule has 0 radical (unpaired) electrons. The number of nitrogens with two attached hydrogens (primary N) is 1. The summed E-state index contributed by atoms with van der Waals surface area (Å²) in [4.78, 5) is 13.7. The molecule has 0 saturated carbocycles. The summed E-state index contributed by atoms with van der Waals surface area (Å²) in [5.74, 6) is 1.21. The summed E-state index contributed by atoms with van der Waals surface area (Å²) in [7, 11) is 1.65. The number of rotatable bonds is 4. The number of nitrogens with zero attached hydrogens (tertiary/aromatic N) is 1. The van der Waals surface area contributed by atoms with E-state index in [-0.39, 0.29) is 12.0 Å². The topological polar surface area (TPSA) is 67.6 Å². The third-order valence-electron chi connectivity index (χ3n) is 3.64. The largest absolute Gasteiger partial charge is 0.486 e. The molecule has 0 aliphatic carbocycles. The lowest BCUT2D eigenvalue weighted by molar-refractivity contribution is -0.119. The molecule has 110 valence electrons. The first-order valence-corrected chi connectivity index (χ1v) is 7.00. The molecule has 3 N–H and O–H groups in total. The van der Waals surface area contributed by atoms with Gasteiger partial charge in [0.05, 0.1) is 18.8 Å². The average molecular weight is 277 g/mol. The number of benzene rings is 1. The van der Waals surface area contributed by atoms with E-state index in [1.54, 1.807) is 7.05 Å². The molecule has 1 aliphatic heterocycles. The summed E-state index contributed by atoms with van der Waals surface area (Å²) in [5.41, 5.74) is 7.68. The first kappa shape index (κ1) is 14.7. The zero-order valence-corrected chi connectivity index (χ0v) is 12.3. The van der Waals surface area contributed by atoms with Gasteiger partial charge in [-0.3, -0.25) is 4.79 Å². The minimum Gasteiger partial charge on any atom is -0.486 e. The van der Waals surface area contributed by atoms with Gasteiger partial charge in [0.1, 0.15) is 11.9 Å². The van der Waals surface area contributed by atoms with E-state index in [4.69, 9.17) is 10.5 Å². The van der Waals surface area contributed by atoms with Gasteiger partial charge in [0.15, 0.2) is 0 Å². The maximum Gasteiger partial charge on any atom is 0.239 e. The molecule has 0 bridgehead atoms. The highest BCUT2D eigenvalue weighted by molar-refractivity contribution is 5.82. The van der Waals surface area contributed by atoms with Crippen LogP contribution < -0.4 is 20.7 Å².